The Labute approximate surface area is 103 Å². The van der Waals surface area contributed by atoms with Gasteiger partial charge in [-0.1, -0.05) is 26.2 Å². The minimum absolute atomic E-state index is 0.577. The van der Waals surface area contributed by atoms with Crippen LogP contribution in [0.15, 0.2) is 12.4 Å². The van der Waals surface area contributed by atoms with Crippen LogP contribution in [-0.4, -0.2) is 23.1 Å². The molecule has 2 N–H and O–H groups in total. The zero-order chi connectivity index (χ0) is 12.1. The molecule has 1 aromatic heterocycles. The Hall–Kier alpha value is -1.32. The highest BCUT2D eigenvalue weighted by Crippen LogP contribution is 2.28. The third-order valence-corrected chi connectivity index (χ3v) is 3.64. The average Bonchev–Trinajstić information content (AvgIpc) is 2.39. The van der Waals surface area contributed by atoms with Gasteiger partial charge in [-0.25, -0.2) is 9.97 Å². The van der Waals surface area contributed by atoms with Gasteiger partial charge in [-0.15, -0.1) is 0 Å². The van der Waals surface area contributed by atoms with E-state index in [2.05, 4.69) is 27.5 Å². The van der Waals surface area contributed by atoms with Crippen LogP contribution in [0.3, 0.4) is 0 Å². The van der Waals surface area contributed by atoms with E-state index in [9.17, 15) is 0 Å². The van der Waals surface area contributed by atoms with Crippen LogP contribution < -0.4 is 10.6 Å². The summed E-state index contributed by atoms with van der Waals surface area (Å²) in [6.45, 7) is 2.29. The summed E-state index contributed by atoms with van der Waals surface area (Å²) in [6.07, 6.45) is 8.16. The van der Waals surface area contributed by atoms with Gasteiger partial charge < -0.3 is 10.6 Å². The molecular weight excluding hydrogens is 212 g/mol. The molecule has 0 spiro atoms. The smallest absolute Gasteiger partial charge is 0.131 e. The molecule has 2 atom stereocenters. The number of aromatic nitrogens is 2. The first-order chi connectivity index (χ1) is 8.31. The lowest BCUT2D eigenvalue weighted by molar-refractivity contribution is 0.327. The van der Waals surface area contributed by atoms with E-state index in [1.165, 1.54) is 32.1 Å². The van der Waals surface area contributed by atoms with E-state index >= 15 is 0 Å². The molecule has 2 unspecified atom stereocenters. The lowest BCUT2D eigenvalue weighted by Crippen LogP contribution is -2.27. The Morgan fingerprint density at radius 2 is 2.12 bits per heavy atom. The van der Waals surface area contributed by atoms with E-state index in [4.69, 9.17) is 0 Å². The standard InChI is InChI=1S/C13H22N4/c1-3-10-5-4-6-11(7-10)17-13-8-12(14-2)15-9-16-13/h8-11H,3-7H2,1-2H3,(H2,14,15,16,17). The van der Waals surface area contributed by atoms with Gasteiger partial charge in [0.1, 0.15) is 18.0 Å². The lowest BCUT2D eigenvalue weighted by atomic mass is 9.84. The molecule has 1 saturated carbocycles. The third kappa shape index (κ3) is 3.32. The first-order valence-electron chi connectivity index (χ1n) is 6.58. The molecule has 17 heavy (non-hydrogen) atoms. The molecular formula is C13H22N4. The fourth-order valence-corrected chi connectivity index (χ4v) is 2.57. The minimum atomic E-state index is 0.577. The number of nitrogens with zero attached hydrogens (tertiary/aromatic N) is 2. The van der Waals surface area contributed by atoms with Crippen molar-refractivity contribution >= 4 is 11.6 Å². The van der Waals surface area contributed by atoms with Crippen molar-refractivity contribution in [3.63, 3.8) is 0 Å². The van der Waals surface area contributed by atoms with Crippen LogP contribution in [0.5, 0.6) is 0 Å². The maximum absolute atomic E-state index is 4.27. The van der Waals surface area contributed by atoms with E-state index in [0.717, 1.165) is 17.6 Å². The van der Waals surface area contributed by atoms with Gasteiger partial charge in [0.05, 0.1) is 0 Å². The van der Waals surface area contributed by atoms with E-state index in [1.807, 2.05) is 13.1 Å². The molecule has 1 fully saturated rings. The molecule has 2 rings (SSSR count). The Bertz CT molecular complexity index is 353. The van der Waals surface area contributed by atoms with Crippen LogP contribution >= 0.6 is 0 Å². The Kier molecular flexibility index (Phi) is 4.18. The third-order valence-electron chi connectivity index (χ3n) is 3.64. The molecule has 0 radical (unpaired) electrons. The second kappa shape index (κ2) is 5.84. The van der Waals surface area contributed by atoms with Gasteiger partial charge in [0, 0.05) is 19.2 Å². The second-order valence-electron chi connectivity index (χ2n) is 4.82. The molecule has 0 aliphatic heterocycles. The number of rotatable bonds is 4. The molecule has 0 aromatic carbocycles. The molecule has 0 saturated heterocycles. The molecule has 1 aromatic rings. The fourth-order valence-electron chi connectivity index (χ4n) is 2.57. The number of anilines is 2. The van der Waals surface area contributed by atoms with Gasteiger partial charge in [-0.2, -0.15) is 0 Å². The molecule has 1 heterocycles. The van der Waals surface area contributed by atoms with Crippen LogP contribution in [0.1, 0.15) is 39.0 Å². The van der Waals surface area contributed by atoms with E-state index in [-0.39, 0.29) is 0 Å². The predicted octanol–water partition coefficient (Wildman–Crippen LogP) is 2.90. The Morgan fingerprint density at radius 1 is 1.29 bits per heavy atom. The number of nitrogens with one attached hydrogen (secondary N) is 2. The fraction of sp³-hybridized carbons (Fsp3) is 0.692. The minimum Gasteiger partial charge on any atom is -0.373 e. The van der Waals surface area contributed by atoms with Crippen LogP contribution in [-0.2, 0) is 0 Å². The first-order valence-corrected chi connectivity index (χ1v) is 6.58. The van der Waals surface area contributed by atoms with Gasteiger partial charge in [-0.05, 0) is 18.8 Å². The molecule has 1 aliphatic carbocycles. The normalized spacial score (nSPS) is 24.4. The van der Waals surface area contributed by atoms with Gasteiger partial charge >= 0.3 is 0 Å². The van der Waals surface area contributed by atoms with E-state index in [0.29, 0.717) is 6.04 Å². The van der Waals surface area contributed by atoms with Crippen molar-refractivity contribution in [3.8, 4) is 0 Å². The summed E-state index contributed by atoms with van der Waals surface area (Å²) in [7, 11) is 1.87. The van der Waals surface area contributed by atoms with Crippen molar-refractivity contribution < 1.29 is 0 Å². The summed E-state index contributed by atoms with van der Waals surface area (Å²) in [5, 5.41) is 6.56. The van der Waals surface area contributed by atoms with Crippen molar-refractivity contribution in [1.82, 2.24) is 9.97 Å². The zero-order valence-electron chi connectivity index (χ0n) is 10.7. The molecule has 0 amide bonds. The number of hydrogen-bond acceptors (Lipinski definition) is 4. The van der Waals surface area contributed by atoms with Crippen molar-refractivity contribution in [1.29, 1.82) is 0 Å². The highest BCUT2D eigenvalue weighted by Gasteiger charge is 2.20. The summed E-state index contributed by atoms with van der Waals surface area (Å²) < 4.78 is 0. The van der Waals surface area contributed by atoms with Gasteiger partial charge in [0.2, 0.25) is 0 Å². The Morgan fingerprint density at radius 3 is 2.88 bits per heavy atom. The highest BCUT2D eigenvalue weighted by atomic mass is 15.1. The SMILES string of the molecule is CCC1CCCC(Nc2cc(NC)ncn2)C1. The lowest BCUT2D eigenvalue weighted by Gasteiger charge is -2.29. The molecule has 4 nitrogen and oxygen atoms in total. The molecule has 94 valence electrons. The molecule has 1 aliphatic rings. The predicted molar refractivity (Wildman–Crippen MR) is 71.2 cm³/mol. The van der Waals surface area contributed by atoms with Crippen LogP contribution in [0, 0.1) is 5.92 Å². The van der Waals surface area contributed by atoms with Gasteiger partial charge in [0.25, 0.3) is 0 Å². The second-order valence-corrected chi connectivity index (χ2v) is 4.82. The summed E-state index contributed by atoms with van der Waals surface area (Å²) in [5.74, 6) is 2.68. The zero-order valence-corrected chi connectivity index (χ0v) is 10.7. The number of hydrogen-bond donors (Lipinski definition) is 2. The van der Waals surface area contributed by atoms with Crippen molar-refractivity contribution in [2.45, 2.75) is 45.1 Å². The topological polar surface area (TPSA) is 49.8 Å². The summed E-state index contributed by atoms with van der Waals surface area (Å²) in [6, 6.07) is 2.54. The van der Waals surface area contributed by atoms with Crippen LogP contribution in [0.4, 0.5) is 11.6 Å². The van der Waals surface area contributed by atoms with Crippen molar-refractivity contribution in [2.24, 2.45) is 5.92 Å². The molecule has 4 heteroatoms. The maximum Gasteiger partial charge on any atom is 0.131 e. The summed E-state index contributed by atoms with van der Waals surface area (Å²) >= 11 is 0. The van der Waals surface area contributed by atoms with E-state index in [1.54, 1.807) is 6.33 Å². The quantitative estimate of drug-likeness (QED) is 0.841. The van der Waals surface area contributed by atoms with Crippen LogP contribution in [0.25, 0.3) is 0 Å². The summed E-state index contributed by atoms with van der Waals surface area (Å²) in [4.78, 5) is 8.39. The maximum atomic E-state index is 4.27. The average molecular weight is 234 g/mol. The first kappa shape index (κ1) is 12.1. The largest absolute Gasteiger partial charge is 0.373 e. The summed E-state index contributed by atoms with van der Waals surface area (Å²) in [5.41, 5.74) is 0. The monoisotopic (exact) mass is 234 g/mol. The van der Waals surface area contributed by atoms with E-state index < -0.39 is 0 Å². The Balaban J connectivity index is 1.95. The molecule has 0 bridgehead atoms. The van der Waals surface area contributed by atoms with Crippen molar-refractivity contribution in [3.05, 3.63) is 12.4 Å². The van der Waals surface area contributed by atoms with Gasteiger partial charge in [-0.3, -0.25) is 0 Å². The van der Waals surface area contributed by atoms with Crippen molar-refractivity contribution in [2.75, 3.05) is 17.7 Å². The van der Waals surface area contributed by atoms with Crippen LogP contribution in [0.2, 0.25) is 0 Å². The van der Waals surface area contributed by atoms with Gasteiger partial charge in [0.15, 0.2) is 0 Å². The highest BCUT2D eigenvalue weighted by molar-refractivity contribution is 5.46.